The standard InChI is InChI=1S/C21H26ClN5O2S/c22-20-24-16-13-15(30-18(16)19(25-20)27-9-11-29-12-10-27)14-26-7-4-21(28,5-8-26)17-3-1-2-6-23-17/h1-3,6,13,17,23,28H,4-5,7-12,14H2. The number of ether oxygens (including phenoxy) is 1. The van der Waals surface area contributed by atoms with Crippen LogP contribution in [0.5, 0.6) is 0 Å². The Bertz CT molecular complexity index is 964. The van der Waals surface area contributed by atoms with Gasteiger partial charge in [0.25, 0.3) is 0 Å². The molecule has 0 amide bonds. The molecule has 2 aromatic rings. The molecule has 0 aromatic carbocycles. The van der Waals surface area contributed by atoms with E-state index in [0.29, 0.717) is 18.5 Å². The number of aromatic nitrogens is 2. The van der Waals surface area contributed by atoms with Crippen LogP contribution in [0.2, 0.25) is 5.28 Å². The van der Waals surface area contributed by atoms with Crippen molar-refractivity contribution in [3.63, 3.8) is 0 Å². The maximum Gasteiger partial charge on any atom is 0.224 e. The molecule has 160 valence electrons. The number of hydrogen-bond donors (Lipinski definition) is 2. The molecular weight excluding hydrogens is 422 g/mol. The largest absolute Gasteiger partial charge is 0.387 e. The number of piperidine rings is 1. The third-order valence-corrected chi connectivity index (χ3v) is 7.43. The Hall–Kier alpha value is -1.71. The maximum absolute atomic E-state index is 11.1. The van der Waals surface area contributed by atoms with E-state index in [1.807, 2.05) is 18.4 Å². The molecule has 7 nitrogen and oxygen atoms in total. The van der Waals surface area contributed by atoms with Gasteiger partial charge in [-0.15, -0.1) is 11.3 Å². The number of hydrogen-bond acceptors (Lipinski definition) is 8. The van der Waals surface area contributed by atoms with Crippen molar-refractivity contribution in [3.05, 3.63) is 40.7 Å². The Morgan fingerprint density at radius 2 is 2.00 bits per heavy atom. The predicted molar refractivity (Wildman–Crippen MR) is 120 cm³/mol. The highest BCUT2D eigenvalue weighted by Crippen LogP contribution is 2.35. The highest BCUT2D eigenvalue weighted by atomic mass is 35.5. The maximum atomic E-state index is 11.1. The first-order chi connectivity index (χ1) is 14.6. The Balaban J connectivity index is 1.29. The van der Waals surface area contributed by atoms with E-state index in [4.69, 9.17) is 16.3 Å². The van der Waals surface area contributed by atoms with E-state index < -0.39 is 5.60 Å². The summed E-state index contributed by atoms with van der Waals surface area (Å²) < 4.78 is 6.57. The van der Waals surface area contributed by atoms with E-state index >= 15 is 0 Å². The number of morpholine rings is 1. The first-order valence-electron chi connectivity index (χ1n) is 10.4. The number of nitrogens with one attached hydrogen (secondary N) is 1. The number of likely N-dealkylation sites (tertiary alicyclic amines) is 1. The molecule has 2 aromatic heterocycles. The van der Waals surface area contributed by atoms with E-state index in [2.05, 4.69) is 37.2 Å². The summed E-state index contributed by atoms with van der Waals surface area (Å²) in [7, 11) is 0. The average molecular weight is 448 g/mol. The monoisotopic (exact) mass is 447 g/mol. The summed E-state index contributed by atoms with van der Waals surface area (Å²) in [4.78, 5) is 14.9. The van der Waals surface area contributed by atoms with Crippen molar-refractivity contribution in [1.29, 1.82) is 0 Å². The van der Waals surface area contributed by atoms with Crippen LogP contribution in [0.1, 0.15) is 17.7 Å². The minimum absolute atomic E-state index is 0.0116. The van der Waals surface area contributed by atoms with Gasteiger partial charge in [0.15, 0.2) is 5.82 Å². The molecule has 1 atom stereocenters. The van der Waals surface area contributed by atoms with E-state index in [0.717, 1.165) is 61.6 Å². The van der Waals surface area contributed by atoms with Crippen LogP contribution in [0.15, 0.2) is 30.5 Å². The molecule has 2 fully saturated rings. The van der Waals surface area contributed by atoms with Crippen LogP contribution >= 0.6 is 22.9 Å². The van der Waals surface area contributed by atoms with Crippen molar-refractivity contribution in [2.24, 2.45) is 0 Å². The van der Waals surface area contributed by atoms with Crippen molar-refractivity contribution in [2.75, 3.05) is 44.3 Å². The number of rotatable bonds is 4. The molecule has 2 N–H and O–H groups in total. The summed E-state index contributed by atoms with van der Waals surface area (Å²) in [6.45, 7) is 5.63. The van der Waals surface area contributed by atoms with Gasteiger partial charge in [0.2, 0.25) is 5.28 Å². The molecule has 0 aliphatic carbocycles. The number of halogens is 1. The molecule has 3 aliphatic rings. The summed E-state index contributed by atoms with van der Waals surface area (Å²) in [6, 6.07) is 2.12. The quantitative estimate of drug-likeness (QED) is 0.697. The Kier molecular flexibility index (Phi) is 5.68. The zero-order chi connectivity index (χ0) is 20.6. The summed E-state index contributed by atoms with van der Waals surface area (Å²) in [5.41, 5.74) is 0.216. The molecule has 0 radical (unpaired) electrons. The summed E-state index contributed by atoms with van der Waals surface area (Å²) in [5, 5.41) is 14.7. The normalized spacial score (nSPS) is 24.3. The molecular formula is C21H26ClN5O2S. The van der Waals surface area contributed by atoms with E-state index in [9.17, 15) is 5.11 Å². The van der Waals surface area contributed by atoms with Gasteiger partial charge in [0.05, 0.1) is 35.1 Å². The van der Waals surface area contributed by atoms with Gasteiger partial charge in [-0.1, -0.05) is 12.2 Å². The summed E-state index contributed by atoms with van der Waals surface area (Å²) in [5.74, 6) is 0.917. The molecule has 9 heteroatoms. The van der Waals surface area contributed by atoms with Gasteiger partial charge < -0.3 is 20.1 Å². The van der Waals surface area contributed by atoms with Gasteiger partial charge in [-0.3, -0.25) is 4.90 Å². The smallest absolute Gasteiger partial charge is 0.224 e. The lowest BCUT2D eigenvalue weighted by Crippen LogP contribution is -2.54. The lowest BCUT2D eigenvalue weighted by molar-refractivity contribution is -0.0374. The second kappa shape index (κ2) is 8.43. The van der Waals surface area contributed by atoms with Gasteiger partial charge in [0, 0.05) is 37.6 Å². The lowest BCUT2D eigenvalue weighted by Gasteiger charge is -2.42. The van der Waals surface area contributed by atoms with E-state index in [-0.39, 0.29) is 6.04 Å². The molecule has 3 aliphatic heterocycles. The summed E-state index contributed by atoms with van der Waals surface area (Å²) in [6.07, 6.45) is 9.41. The van der Waals surface area contributed by atoms with Crippen LogP contribution in [-0.4, -0.2) is 71.0 Å². The van der Waals surface area contributed by atoms with E-state index in [1.165, 1.54) is 4.88 Å². The van der Waals surface area contributed by atoms with Crippen molar-refractivity contribution >= 4 is 39.0 Å². The topological polar surface area (TPSA) is 73.8 Å². The molecule has 2 saturated heterocycles. The third-order valence-electron chi connectivity index (χ3n) is 6.16. The number of allylic oxidation sites excluding steroid dienone is 2. The second-order valence-corrected chi connectivity index (χ2v) is 9.59. The van der Waals surface area contributed by atoms with Gasteiger partial charge in [-0.05, 0) is 42.8 Å². The minimum Gasteiger partial charge on any atom is -0.387 e. The molecule has 0 spiro atoms. The van der Waals surface area contributed by atoms with Crippen molar-refractivity contribution < 1.29 is 9.84 Å². The van der Waals surface area contributed by atoms with E-state index in [1.54, 1.807) is 11.3 Å². The number of dihydropyridines is 1. The number of nitrogens with zero attached hydrogens (tertiary/aromatic N) is 4. The highest BCUT2D eigenvalue weighted by molar-refractivity contribution is 7.19. The van der Waals surface area contributed by atoms with Gasteiger partial charge >= 0.3 is 0 Å². The number of anilines is 1. The van der Waals surface area contributed by atoms with Crippen LogP contribution in [0.3, 0.4) is 0 Å². The zero-order valence-electron chi connectivity index (χ0n) is 16.8. The van der Waals surface area contributed by atoms with Crippen LogP contribution in [0.4, 0.5) is 5.82 Å². The van der Waals surface area contributed by atoms with Crippen molar-refractivity contribution in [3.8, 4) is 0 Å². The number of aliphatic hydroxyl groups is 1. The van der Waals surface area contributed by atoms with Crippen LogP contribution in [0, 0.1) is 0 Å². The number of thiophene rings is 1. The fraction of sp³-hybridized carbons (Fsp3) is 0.524. The van der Waals surface area contributed by atoms with Gasteiger partial charge in [-0.25, -0.2) is 4.98 Å². The highest BCUT2D eigenvalue weighted by Gasteiger charge is 2.38. The predicted octanol–water partition coefficient (Wildman–Crippen LogP) is 2.55. The Morgan fingerprint density at radius 1 is 1.20 bits per heavy atom. The average Bonchev–Trinajstić information content (AvgIpc) is 3.18. The third kappa shape index (κ3) is 4.07. The molecule has 30 heavy (non-hydrogen) atoms. The summed E-state index contributed by atoms with van der Waals surface area (Å²) >= 11 is 7.96. The van der Waals surface area contributed by atoms with Crippen molar-refractivity contribution in [2.45, 2.75) is 31.0 Å². The minimum atomic E-state index is -0.694. The van der Waals surface area contributed by atoms with Crippen molar-refractivity contribution in [1.82, 2.24) is 20.2 Å². The Morgan fingerprint density at radius 3 is 2.73 bits per heavy atom. The second-order valence-electron chi connectivity index (χ2n) is 8.11. The molecule has 0 bridgehead atoms. The molecule has 0 saturated carbocycles. The fourth-order valence-corrected chi connectivity index (χ4v) is 5.74. The van der Waals surface area contributed by atoms with Gasteiger partial charge in [-0.2, -0.15) is 4.98 Å². The zero-order valence-corrected chi connectivity index (χ0v) is 18.3. The van der Waals surface area contributed by atoms with Gasteiger partial charge in [0.1, 0.15) is 0 Å². The molecule has 5 rings (SSSR count). The van der Waals surface area contributed by atoms with Crippen LogP contribution < -0.4 is 10.2 Å². The van der Waals surface area contributed by atoms with Crippen LogP contribution in [-0.2, 0) is 11.3 Å². The molecule has 1 unspecified atom stereocenters. The Labute approximate surface area is 185 Å². The lowest BCUT2D eigenvalue weighted by atomic mass is 9.83. The molecule has 5 heterocycles. The number of fused-ring (bicyclic) bond motifs is 1. The fourth-order valence-electron chi connectivity index (χ4n) is 4.41. The first-order valence-corrected chi connectivity index (χ1v) is 11.6. The first kappa shape index (κ1) is 20.2. The van der Waals surface area contributed by atoms with Crippen LogP contribution in [0.25, 0.3) is 10.2 Å². The SMILES string of the molecule is OC1(C2C=CC=CN2)CCN(Cc2cc3nc(Cl)nc(N4CCOCC4)c3s2)CC1.